The summed E-state index contributed by atoms with van der Waals surface area (Å²) in [6, 6.07) is -0.917. The SMILES string of the molecule is CCCCCCC/C=C\C/C=C\C/C=C\CCCCCCCCCCCCCCCCCCCCCCC(=O)NC(COC1OC(CO)C(OC2OC(CO)C(O)C(O)C2O)C(O)C1O)C(O)/C=C/CCCCCCCCCCCCCCCCCCCCCCCCCCCCCCCCC. The molecule has 2 saturated heterocycles. The second-order valence-electron chi connectivity index (χ2n) is 31.0. The summed E-state index contributed by atoms with van der Waals surface area (Å²) in [5.74, 6) is -0.231. The zero-order valence-corrected chi connectivity index (χ0v) is 66.1. The Labute approximate surface area is 626 Å². The van der Waals surface area contributed by atoms with Gasteiger partial charge in [-0.1, -0.05) is 396 Å². The molecule has 2 aliphatic rings. The molecule has 0 spiro atoms. The highest BCUT2D eigenvalue weighted by atomic mass is 16.7. The minimum atomic E-state index is -1.79. The summed E-state index contributed by atoms with van der Waals surface area (Å²) in [5, 5.41) is 87.8. The van der Waals surface area contributed by atoms with E-state index in [0.717, 1.165) is 51.4 Å². The van der Waals surface area contributed by atoms with Gasteiger partial charge in [-0.3, -0.25) is 4.79 Å². The number of allylic oxidation sites excluding steroid dienone is 7. The number of rotatable bonds is 75. The third kappa shape index (κ3) is 53.7. The lowest BCUT2D eigenvalue weighted by Gasteiger charge is -2.46. The van der Waals surface area contributed by atoms with E-state index in [2.05, 4.69) is 55.6 Å². The van der Waals surface area contributed by atoms with Gasteiger partial charge < -0.3 is 65.1 Å². The lowest BCUT2D eigenvalue weighted by molar-refractivity contribution is -0.359. The fourth-order valence-electron chi connectivity index (χ4n) is 14.6. The molecule has 9 N–H and O–H groups in total. The number of carbonyl (C=O) groups is 1. The third-order valence-corrected chi connectivity index (χ3v) is 21.5. The molecule has 0 aromatic carbocycles. The third-order valence-electron chi connectivity index (χ3n) is 21.5. The molecule has 0 radical (unpaired) electrons. The van der Waals surface area contributed by atoms with Gasteiger partial charge in [0.1, 0.15) is 48.8 Å². The summed E-state index contributed by atoms with van der Waals surface area (Å²) < 4.78 is 23.0. The monoisotopic (exact) mass is 1440 g/mol. The van der Waals surface area contributed by atoms with E-state index in [1.54, 1.807) is 6.08 Å². The quantitative estimate of drug-likeness (QED) is 0.0204. The Morgan fingerprint density at radius 3 is 0.990 bits per heavy atom. The molecular weight excluding hydrogens is 1280 g/mol. The maximum absolute atomic E-state index is 13.4. The van der Waals surface area contributed by atoms with Crippen LogP contribution in [0.15, 0.2) is 48.6 Å². The van der Waals surface area contributed by atoms with Gasteiger partial charge in [-0.05, 0) is 57.8 Å². The first kappa shape index (κ1) is 96.0. The minimum Gasteiger partial charge on any atom is -0.394 e. The topological polar surface area (TPSA) is 228 Å². The number of carbonyl (C=O) groups excluding carboxylic acids is 1. The number of aliphatic hydroxyl groups is 8. The zero-order chi connectivity index (χ0) is 73.7. The second kappa shape index (κ2) is 71.8. The molecular formula is C88H165NO13. The van der Waals surface area contributed by atoms with E-state index in [-0.39, 0.29) is 18.9 Å². The minimum absolute atomic E-state index is 0.231. The van der Waals surface area contributed by atoms with Gasteiger partial charge in [0.05, 0.1) is 32.0 Å². The molecule has 2 rings (SSSR count). The van der Waals surface area contributed by atoms with E-state index in [1.807, 2.05) is 6.08 Å². The Bertz CT molecular complexity index is 1900. The van der Waals surface area contributed by atoms with Gasteiger partial charge in [0, 0.05) is 6.42 Å². The van der Waals surface area contributed by atoms with Crippen molar-refractivity contribution >= 4 is 5.91 Å². The summed E-state index contributed by atoms with van der Waals surface area (Å²) in [6.45, 7) is 2.86. The van der Waals surface area contributed by atoms with Crippen LogP contribution in [0, 0.1) is 0 Å². The molecule has 0 aromatic heterocycles. The summed E-state index contributed by atoms with van der Waals surface area (Å²) in [6.07, 6.45) is 80.7. The van der Waals surface area contributed by atoms with Gasteiger partial charge in [0.15, 0.2) is 12.6 Å². The predicted molar refractivity (Wildman–Crippen MR) is 424 cm³/mol. The van der Waals surface area contributed by atoms with Crippen LogP contribution >= 0.6 is 0 Å². The molecule has 2 heterocycles. The standard InChI is InChI=1S/C88H165NO13/c1-3-5-7-9-11-13-15-17-19-21-23-25-27-29-31-33-35-37-38-40-42-44-46-48-50-52-54-56-58-60-62-64-66-68-70-72-80(93)89-76(75-99-87-85(98)83(96)86(79(74-91)101-87)102-88-84(97)82(95)81(94)78(73-90)100-88)77(92)71-69-67-65-63-61-59-57-55-53-51-49-47-45-43-41-39-36-34-32-30-28-26-24-22-20-18-16-14-12-10-8-6-4-2/h15,17,21,23,27,29,69,71,76-79,81-88,90-92,94-98H,3-14,16,18-20,22,24-26,28,30-68,70,72-75H2,1-2H3,(H,89,93)/b17-15-,23-21-,29-27-,71-69+. The normalized spacial score (nSPS) is 21.8. The molecule has 102 heavy (non-hydrogen) atoms. The number of hydrogen-bond donors (Lipinski definition) is 9. The Kier molecular flexibility index (Phi) is 67.6. The van der Waals surface area contributed by atoms with Crippen molar-refractivity contribution in [3.8, 4) is 0 Å². The van der Waals surface area contributed by atoms with Crippen molar-refractivity contribution < 1.29 is 64.6 Å². The number of unbranched alkanes of at least 4 members (excludes halogenated alkanes) is 56. The van der Waals surface area contributed by atoms with Gasteiger partial charge in [-0.2, -0.15) is 0 Å². The molecule has 1 amide bonds. The maximum atomic E-state index is 13.4. The molecule has 14 nitrogen and oxygen atoms in total. The fraction of sp³-hybridized carbons (Fsp3) is 0.898. The Hall–Kier alpha value is -2.05. The predicted octanol–water partition coefficient (Wildman–Crippen LogP) is 20.9. The van der Waals surface area contributed by atoms with Crippen LogP contribution in [0.25, 0.3) is 0 Å². The van der Waals surface area contributed by atoms with Crippen molar-refractivity contribution in [1.82, 2.24) is 5.32 Å². The largest absolute Gasteiger partial charge is 0.394 e. The maximum Gasteiger partial charge on any atom is 0.220 e. The average molecular weight is 1450 g/mol. The molecule has 0 aliphatic carbocycles. The number of amides is 1. The zero-order valence-electron chi connectivity index (χ0n) is 66.1. The molecule has 2 fully saturated rings. The molecule has 0 bridgehead atoms. The summed E-state index contributed by atoms with van der Waals surface area (Å²) in [7, 11) is 0. The smallest absolute Gasteiger partial charge is 0.220 e. The van der Waals surface area contributed by atoms with Crippen molar-refractivity contribution in [3.05, 3.63) is 48.6 Å². The van der Waals surface area contributed by atoms with Crippen LogP contribution in [0.4, 0.5) is 0 Å². The van der Waals surface area contributed by atoms with E-state index >= 15 is 0 Å². The van der Waals surface area contributed by atoms with E-state index in [0.29, 0.717) is 6.42 Å². The molecule has 600 valence electrons. The highest BCUT2D eigenvalue weighted by Gasteiger charge is 2.51. The lowest BCUT2D eigenvalue weighted by Crippen LogP contribution is -2.65. The first-order chi connectivity index (χ1) is 50.1. The average Bonchev–Trinajstić information content (AvgIpc) is 0.790. The van der Waals surface area contributed by atoms with Gasteiger partial charge in [0.25, 0.3) is 0 Å². The van der Waals surface area contributed by atoms with Crippen LogP contribution in [0.3, 0.4) is 0 Å². The van der Waals surface area contributed by atoms with Gasteiger partial charge in [-0.25, -0.2) is 0 Å². The molecule has 12 unspecified atom stereocenters. The number of aliphatic hydroxyl groups excluding tert-OH is 8. The van der Waals surface area contributed by atoms with Crippen LogP contribution in [0.5, 0.6) is 0 Å². The molecule has 0 saturated carbocycles. The molecule has 14 heteroatoms. The van der Waals surface area contributed by atoms with Crippen LogP contribution < -0.4 is 5.32 Å². The Morgan fingerprint density at radius 2 is 0.647 bits per heavy atom. The second-order valence-corrected chi connectivity index (χ2v) is 31.0. The lowest BCUT2D eigenvalue weighted by atomic mass is 9.97. The summed E-state index contributed by atoms with van der Waals surface area (Å²) >= 11 is 0. The molecule has 2 aliphatic heterocycles. The highest BCUT2D eigenvalue weighted by molar-refractivity contribution is 5.76. The number of hydrogen-bond acceptors (Lipinski definition) is 13. The summed E-state index contributed by atoms with van der Waals surface area (Å²) in [5.41, 5.74) is 0. The molecule has 0 aromatic rings. The van der Waals surface area contributed by atoms with Gasteiger partial charge >= 0.3 is 0 Å². The first-order valence-corrected chi connectivity index (χ1v) is 43.9. The van der Waals surface area contributed by atoms with E-state index < -0.39 is 86.8 Å². The number of nitrogens with one attached hydrogen (secondary N) is 1. The highest BCUT2D eigenvalue weighted by Crippen LogP contribution is 2.31. The van der Waals surface area contributed by atoms with Crippen molar-refractivity contribution in [1.29, 1.82) is 0 Å². The van der Waals surface area contributed by atoms with Crippen molar-refractivity contribution in [2.45, 2.75) is 485 Å². The van der Waals surface area contributed by atoms with Crippen molar-refractivity contribution in [3.63, 3.8) is 0 Å². The van der Waals surface area contributed by atoms with Gasteiger partial charge in [0.2, 0.25) is 5.91 Å². The van der Waals surface area contributed by atoms with Crippen LogP contribution in [-0.2, 0) is 23.7 Å². The molecule has 12 atom stereocenters. The van der Waals surface area contributed by atoms with Crippen molar-refractivity contribution in [2.75, 3.05) is 19.8 Å². The van der Waals surface area contributed by atoms with E-state index in [4.69, 9.17) is 18.9 Å². The Balaban J connectivity index is 1.58. The van der Waals surface area contributed by atoms with Crippen LogP contribution in [-0.4, -0.2) is 140 Å². The van der Waals surface area contributed by atoms with Crippen LogP contribution in [0.2, 0.25) is 0 Å². The van der Waals surface area contributed by atoms with E-state index in [9.17, 15) is 45.6 Å². The van der Waals surface area contributed by atoms with E-state index in [1.165, 1.54) is 334 Å². The first-order valence-electron chi connectivity index (χ1n) is 43.9. The fourth-order valence-corrected chi connectivity index (χ4v) is 14.6. The summed E-state index contributed by atoms with van der Waals surface area (Å²) in [4.78, 5) is 13.4. The Morgan fingerprint density at radius 1 is 0.353 bits per heavy atom. The van der Waals surface area contributed by atoms with Crippen LogP contribution in [0.1, 0.15) is 412 Å². The van der Waals surface area contributed by atoms with Gasteiger partial charge in [-0.15, -0.1) is 0 Å². The number of ether oxygens (including phenoxy) is 4. The van der Waals surface area contributed by atoms with Crippen molar-refractivity contribution in [2.24, 2.45) is 0 Å².